The van der Waals surface area contributed by atoms with Crippen molar-refractivity contribution in [1.82, 2.24) is 5.32 Å². The second kappa shape index (κ2) is 7.04. The van der Waals surface area contributed by atoms with E-state index >= 15 is 0 Å². The number of rotatable bonds is 4. The zero-order valence-electron chi connectivity index (χ0n) is 11.0. The number of allylic oxidation sites excluding steroid dienone is 1. The number of nitrogens with zero attached hydrogens (tertiary/aromatic N) is 1. The molecule has 1 atom stereocenters. The first-order valence-electron chi connectivity index (χ1n) is 6.19. The molecule has 0 radical (unpaired) electrons. The second-order valence-corrected chi connectivity index (χ2v) is 6.30. The van der Waals surface area contributed by atoms with Gasteiger partial charge >= 0.3 is 0 Å². The molecule has 0 aliphatic carbocycles. The summed E-state index contributed by atoms with van der Waals surface area (Å²) in [5, 5.41) is 13.8. The van der Waals surface area contributed by atoms with Crippen molar-refractivity contribution in [3.8, 4) is 6.07 Å². The molecule has 108 valence electrons. The van der Waals surface area contributed by atoms with E-state index in [1.807, 2.05) is 0 Å². The fourth-order valence-corrected chi connectivity index (χ4v) is 3.48. The van der Waals surface area contributed by atoms with Gasteiger partial charge in [0, 0.05) is 28.1 Å². The van der Waals surface area contributed by atoms with Crippen molar-refractivity contribution in [3.05, 3.63) is 57.1 Å². The van der Waals surface area contributed by atoms with Crippen molar-refractivity contribution in [3.63, 3.8) is 0 Å². The van der Waals surface area contributed by atoms with Gasteiger partial charge in [0.1, 0.15) is 0 Å². The number of carbonyl (C=O) groups is 1. The van der Waals surface area contributed by atoms with E-state index in [-0.39, 0.29) is 18.2 Å². The summed E-state index contributed by atoms with van der Waals surface area (Å²) in [4.78, 5) is 11.9. The summed E-state index contributed by atoms with van der Waals surface area (Å²) in [6.07, 6.45) is 1.92. The molecule has 0 spiro atoms. The van der Waals surface area contributed by atoms with E-state index in [1.165, 1.54) is 11.8 Å². The Balaban J connectivity index is 2.47. The van der Waals surface area contributed by atoms with Gasteiger partial charge in [0.05, 0.1) is 16.7 Å². The van der Waals surface area contributed by atoms with Gasteiger partial charge < -0.3 is 5.32 Å². The highest BCUT2D eigenvalue weighted by atomic mass is 35.5. The van der Waals surface area contributed by atoms with Crippen LogP contribution in [0.4, 0.5) is 0 Å². The van der Waals surface area contributed by atoms with Crippen LogP contribution in [-0.4, -0.2) is 11.7 Å². The first-order valence-corrected chi connectivity index (χ1v) is 7.93. The van der Waals surface area contributed by atoms with Crippen LogP contribution in [0.5, 0.6) is 0 Å². The number of halogens is 2. The monoisotopic (exact) mass is 338 g/mol. The minimum atomic E-state index is -0.346. The van der Waals surface area contributed by atoms with E-state index in [0.29, 0.717) is 26.4 Å². The molecule has 0 saturated carbocycles. The Morgan fingerprint density at radius 2 is 2.29 bits per heavy atom. The molecule has 21 heavy (non-hydrogen) atoms. The van der Waals surface area contributed by atoms with Crippen molar-refractivity contribution in [2.24, 2.45) is 0 Å². The lowest BCUT2D eigenvalue weighted by Gasteiger charge is -2.25. The van der Waals surface area contributed by atoms with Gasteiger partial charge in [0.2, 0.25) is 5.91 Å². The smallest absolute Gasteiger partial charge is 0.225 e. The molecular weight excluding hydrogens is 327 g/mol. The molecular formula is C15H12Cl2N2OS. The quantitative estimate of drug-likeness (QED) is 0.835. The number of amides is 1. The number of nitriles is 1. The van der Waals surface area contributed by atoms with E-state index in [9.17, 15) is 10.1 Å². The van der Waals surface area contributed by atoms with Crippen LogP contribution in [0.25, 0.3) is 0 Å². The number of thioether (sulfide) groups is 1. The van der Waals surface area contributed by atoms with Gasteiger partial charge in [0.25, 0.3) is 0 Å². The summed E-state index contributed by atoms with van der Waals surface area (Å²) < 4.78 is 0. The van der Waals surface area contributed by atoms with Crippen LogP contribution in [0.3, 0.4) is 0 Å². The van der Waals surface area contributed by atoms with Crippen molar-refractivity contribution in [2.75, 3.05) is 5.75 Å². The molecule has 2 rings (SSSR count). The number of hydrogen-bond acceptors (Lipinski definition) is 3. The lowest BCUT2D eigenvalue weighted by atomic mass is 9.87. The Morgan fingerprint density at radius 3 is 2.90 bits per heavy atom. The van der Waals surface area contributed by atoms with E-state index in [1.54, 1.807) is 24.3 Å². The highest BCUT2D eigenvalue weighted by Crippen LogP contribution is 2.39. The average molecular weight is 339 g/mol. The summed E-state index contributed by atoms with van der Waals surface area (Å²) in [6.45, 7) is 3.64. The fourth-order valence-electron chi connectivity index (χ4n) is 2.13. The van der Waals surface area contributed by atoms with Crippen molar-refractivity contribution in [2.45, 2.75) is 12.3 Å². The highest BCUT2D eigenvalue weighted by molar-refractivity contribution is 8.03. The number of hydrogen-bond donors (Lipinski definition) is 1. The Bertz CT molecular complexity index is 664. The molecule has 1 aliphatic rings. The lowest BCUT2D eigenvalue weighted by Crippen LogP contribution is -2.31. The largest absolute Gasteiger partial charge is 0.320 e. The van der Waals surface area contributed by atoms with Crippen molar-refractivity contribution < 1.29 is 4.79 Å². The minimum Gasteiger partial charge on any atom is -0.320 e. The molecule has 1 aliphatic heterocycles. The summed E-state index contributed by atoms with van der Waals surface area (Å²) in [5.41, 5.74) is 1.26. The first-order chi connectivity index (χ1) is 10.1. The highest BCUT2D eigenvalue weighted by Gasteiger charge is 2.30. The normalized spacial score (nSPS) is 18.1. The van der Waals surface area contributed by atoms with Gasteiger partial charge in [-0.2, -0.15) is 5.26 Å². The molecule has 1 aromatic carbocycles. The topological polar surface area (TPSA) is 52.9 Å². The zero-order valence-corrected chi connectivity index (χ0v) is 13.4. The van der Waals surface area contributed by atoms with Gasteiger partial charge in [-0.15, -0.1) is 18.3 Å². The molecule has 0 unspecified atom stereocenters. The Kier molecular flexibility index (Phi) is 5.35. The maximum atomic E-state index is 11.9. The van der Waals surface area contributed by atoms with Gasteiger partial charge in [-0.25, -0.2) is 0 Å². The minimum absolute atomic E-state index is 0.128. The maximum Gasteiger partial charge on any atom is 0.225 e. The Hall–Kier alpha value is -1.41. The van der Waals surface area contributed by atoms with Gasteiger partial charge in [0.15, 0.2) is 0 Å². The van der Waals surface area contributed by atoms with Crippen LogP contribution in [-0.2, 0) is 4.79 Å². The third-order valence-corrected chi connectivity index (χ3v) is 4.61. The second-order valence-electron chi connectivity index (χ2n) is 4.43. The lowest BCUT2D eigenvalue weighted by molar-refractivity contribution is -0.120. The zero-order chi connectivity index (χ0) is 15.4. The van der Waals surface area contributed by atoms with E-state index in [0.717, 1.165) is 5.56 Å². The summed E-state index contributed by atoms with van der Waals surface area (Å²) >= 11 is 13.5. The first kappa shape index (κ1) is 16.0. The van der Waals surface area contributed by atoms with Crippen LogP contribution in [0, 0.1) is 11.3 Å². The molecule has 1 N–H and O–H groups in total. The molecule has 6 heteroatoms. The summed E-state index contributed by atoms with van der Waals surface area (Å²) in [7, 11) is 0. The van der Waals surface area contributed by atoms with E-state index in [2.05, 4.69) is 18.0 Å². The van der Waals surface area contributed by atoms with Crippen molar-refractivity contribution in [1.29, 1.82) is 5.26 Å². The van der Waals surface area contributed by atoms with Gasteiger partial charge in [-0.3, -0.25) is 4.79 Å². The molecule has 0 bridgehead atoms. The molecule has 1 amide bonds. The Morgan fingerprint density at radius 1 is 1.52 bits per heavy atom. The fraction of sp³-hybridized carbons (Fsp3) is 0.200. The van der Waals surface area contributed by atoms with E-state index in [4.69, 9.17) is 23.2 Å². The summed E-state index contributed by atoms with van der Waals surface area (Å²) in [6, 6.07) is 7.29. The van der Waals surface area contributed by atoms with Crippen LogP contribution >= 0.6 is 35.0 Å². The van der Waals surface area contributed by atoms with Crippen LogP contribution < -0.4 is 5.32 Å². The van der Waals surface area contributed by atoms with Crippen LogP contribution in [0.1, 0.15) is 17.9 Å². The standard InChI is InChI=1S/C15H12Cl2N2OS/c1-2-5-21-15-12(8-18)11(7-14(20)19-15)10-4-3-9(16)6-13(10)17/h2-4,6,11H,1,5,7H2,(H,19,20)/t11-/m1/s1. The third kappa shape index (κ3) is 3.62. The predicted octanol–water partition coefficient (Wildman–Crippen LogP) is 4.25. The predicted molar refractivity (Wildman–Crippen MR) is 87.3 cm³/mol. The third-order valence-electron chi connectivity index (χ3n) is 3.04. The van der Waals surface area contributed by atoms with Crippen LogP contribution in [0.15, 0.2) is 41.5 Å². The molecule has 0 fully saturated rings. The van der Waals surface area contributed by atoms with Crippen molar-refractivity contribution >= 4 is 40.9 Å². The average Bonchev–Trinajstić information content (AvgIpc) is 2.44. The van der Waals surface area contributed by atoms with Gasteiger partial charge in [-0.05, 0) is 17.7 Å². The number of nitrogens with one attached hydrogen (secondary N) is 1. The summed E-state index contributed by atoms with van der Waals surface area (Å²) in [5.74, 6) is 0.138. The van der Waals surface area contributed by atoms with Gasteiger partial charge in [-0.1, -0.05) is 35.3 Å². The molecule has 1 heterocycles. The number of carbonyl (C=O) groups excluding carboxylic acids is 1. The molecule has 0 saturated heterocycles. The van der Waals surface area contributed by atoms with E-state index < -0.39 is 0 Å². The molecule has 0 aromatic heterocycles. The molecule has 3 nitrogen and oxygen atoms in total. The van der Waals surface area contributed by atoms with Crippen LogP contribution in [0.2, 0.25) is 10.0 Å². The SMILES string of the molecule is C=CCSC1=C(C#N)[C@@H](c2ccc(Cl)cc2Cl)CC(=O)N1. The number of benzene rings is 1. The molecule has 1 aromatic rings. The Labute approximate surface area is 137 Å². The maximum absolute atomic E-state index is 11.9.